The van der Waals surface area contributed by atoms with Crippen molar-refractivity contribution >= 4 is 0 Å². The average molecular weight is 178 g/mol. The van der Waals surface area contributed by atoms with Gasteiger partial charge in [-0.3, -0.25) is 0 Å². The van der Waals surface area contributed by atoms with Crippen molar-refractivity contribution in [2.24, 2.45) is 0 Å². The topological polar surface area (TPSA) is 47.9 Å². The molecule has 0 radical (unpaired) electrons. The molecule has 4 nitrogen and oxygen atoms in total. The minimum atomic E-state index is -0.299. The fraction of sp³-hybridized carbons (Fsp3) is 1.00. The van der Waals surface area contributed by atoms with E-state index in [1.54, 1.807) is 0 Å². The third kappa shape index (κ3) is 6.54. The van der Waals surface area contributed by atoms with Crippen LogP contribution in [0.2, 0.25) is 0 Å². The third-order valence-corrected chi connectivity index (χ3v) is 1.19. The second kappa shape index (κ2) is 8.93. The van der Waals surface area contributed by atoms with Crippen LogP contribution < -0.4 is 0 Å². The Morgan fingerprint density at radius 1 is 1.17 bits per heavy atom. The van der Waals surface area contributed by atoms with Gasteiger partial charge in [0, 0.05) is 13.2 Å². The summed E-state index contributed by atoms with van der Waals surface area (Å²) in [6.07, 6.45) is -0.299. The summed E-state index contributed by atoms with van der Waals surface area (Å²) in [7, 11) is 0. The Morgan fingerprint density at radius 3 is 2.17 bits per heavy atom. The fourth-order valence-electron chi connectivity index (χ4n) is 0.760. The number of rotatable bonds is 8. The summed E-state index contributed by atoms with van der Waals surface area (Å²) in [5.74, 6) is 0. The first-order valence-electron chi connectivity index (χ1n) is 4.26. The van der Waals surface area contributed by atoms with Crippen LogP contribution in [0, 0.1) is 0 Å². The van der Waals surface area contributed by atoms with Crippen LogP contribution in [0.4, 0.5) is 0 Å². The number of aliphatic hydroxyl groups excluding tert-OH is 1. The van der Waals surface area contributed by atoms with E-state index in [1.807, 2.05) is 13.8 Å². The highest BCUT2D eigenvalue weighted by Crippen LogP contribution is 1.95. The maximum atomic E-state index is 8.43. The van der Waals surface area contributed by atoms with Crippen LogP contribution in [-0.2, 0) is 14.2 Å². The van der Waals surface area contributed by atoms with Gasteiger partial charge in [0.05, 0.1) is 19.8 Å². The van der Waals surface area contributed by atoms with Crippen LogP contribution in [0.3, 0.4) is 0 Å². The minimum absolute atomic E-state index is 0.0327. The van der Waals surface area contributed by atoms with Gasteiger partial charge in [0.25, 0.3) is 0 Å². The Hall–Kier alpha value is -0.160. The molecule has 0 aliphatic carbocycles. The molecule has 0 spiro atoms. The van der Waals surface area contributed by atoms with E-state index < -0.39 is 0 Å². The van der Waals surface area contributed by atoms with Crippen LogP contribution in [0.25, 0.3) is 0 Å². The summed E-state index contributed by atoms with van der Waals surface area (Å²) < 4.78 is 15.5. The van der Waals surface area contributed by atoms with Gasteiger partial charge < -0.3 is 19.3 Å². The fourth-order valence-corrected chi connectivity index (χ4v) is 0.760. The second-order valence-electron chi connectivity index (χ2n) is 2.14. The van der Waals surface area contributed by atoms with Crippen molar-refractivity contribution in [3.8, 4) is 0 Å². The summed E-state index contributed by atoms with van der Waals surface area (Å²) in [4.78, 5) is 0. The SMILES string of the molecule is CCOC(COCCO)OCC. The smallest absolute Gasteiger partial charge is 0.180 e. The highest BCUT2D eigenvalue weighted by atomic mass is 16.7. The Kier molecular flexibility index (Phi) is 8.81. The molecular weight excluding hydrogens is 160 g/mol. The van der Waals surface area contributed by atoms with Gasteiger partial charge in [-0.25, -0.2) is 0 Å². The molecule has 0 aromatic heterocycles. The van der Waals surface area contributed by atoms with Gasteiger partial charge in [-0.2, -0.15) is 0 Å². The molecule has 0 aromatic rings. The Morgan fingerprint density at radius 2 is 1.75 bits per heavy atom. The first-order chi connectivity index (χ1) is 5.85. The largest absolute Gasteiger partial charge is 0.394 e. The zero-order valence-corrected chi connectivity index (χ0v) is 7.78. The minimum Gasteiger partial charge on any atom is -0.394 e. The Labute approximate surface area is 73.4 Å². The van der Waals surface area contributed by atoms with Crippen molar-refractivity contribution in [3.63, 3.8) is 0 Å². The van der Waals surface area contributed by atoms with E-state index in [-0.39, 0.29) is 12.9 Å². The second-order valence-corrected chi connectivity index (χ2v) is 2.14. The van der Waals surface area contributed by atoms with Crippen molar-refractivity contribution in [1.29, 1.82) is 0 Å². The Balaban J connectivity index is 3.34. The van der Waals surface area contributed by atoms with Crippen LogP contribution in [-0.4, -0.2) is 44.4 Å². The summed E-state index contributed by atoms with van der Waals surface area (Å²) in [6, 6.07) is 0. The molecule has 0 fully saturated rings. The zero-order chi connectivity index (χ0) is 9.23. The molecule has 12 heavy (non-hydrogen) atoms. The molecule has 4 heteroatoms. The van der Waals surface area contributed by atoms with Crippen LogP contribution >= 0.6 is 0 Å². The molecule has 0 atom stereocenters. The molecule has 0 saturated heterocycles. The first kappa shape index (κ1) is 11.8. The maximum absolute atomic E-state index is 8.43. The molecule has 0 bridgehead atoms. The van der Waals surface area contributed by atoms with Gasteiger partial charge in [-0.05, 0) is 13.8 Å². The average Bonchev–Trinajstić information content (AvgIpc) is 2.06. The van der Waals surface area contributed by atoms with Gasteiger partial charge in [0.1, 0.15) is 0 Å². The number of aliphatic hydroxyl groups is 1. The molecule has 0 unspecified atom stereocenters. The van der Waals surface area contributed by atoms with Crippen LogP contribution in [0.15, 0.2) is 0 Å². The lowest BCUT2D eigenvalue weighted by molar-refractivity contribution is -0.168. The molecule has 0 heterocycles. The van der Waals surface area contributed by atoms with Crippen LogP contribution in [0.1, 0.15) is 13.8 Å². The number of ether oxygens (including phenoxy) is 3. The normalized spacial score (nSPS) is 11.0. The molecule has 0 amide bonds. The standard InChI is InChI=1S/C8H18O4/c1-3-11-8(12-4-2)7-10-6-5-9/h8-9H,3-7H2,1-2H3. The lowest BCUT2D eigenvalue weighted by atomic mass is 10.6. The van der Waals surface area contributed by atoms with Gasteiger partial charge in [-0.15, -0.1) is 0 Å². The number of hydrogen-bond donors (Lipinski definition) is 1. The molecule has 0 rings (SSSR count). The van der Waals surface area contributed by atoms with E-state index in [1.165, 1.54) is 0 Å². The lowest BCUT2D eigenvalue weighted by Gasteiger charge is -2.16. The van der Waals surface area contributed by atoms with Crippen molar-refractivity contribution in [3.05, 3.63) is 0 Å². The highest BCUT2D eigenvalue weighted by molar-refractivity contribution is 4.40. The van der Waals surface area contributed by atoms with E-state index in [4.69, 9.17) is 19.3 Å². The Bertz CT molecular complexity index is 81.1. The summed E-state index contributed by atoms with van der Waals surface area (Å²) in [5.41, 5.74) is 0. The molecule has 0 saturated carbocycles. The molecule has 0 aliphatic rings. The first-order valence-corrected chi connectivity index (χ1v) is 4.26. The zero-order valence-electron chi connectivity index (χ0n) is 7.78. The van der Waals surface area contributed by atoms with E-state index in [0.717, 1.165) is 0 Å². The van der Waals surface area contributed by atoms with Crippen molar-refractivity contribution in [2.75, 3.05) is 33.0 Å². The molecule has 74 valence electrons. The molecule has 0 aromatic carbocycles. The van der Waals surface area contributed by atoms with Gasteiger partial charge >= 0.3 is 0 Å². The monoisotopic (exact) mass is 178 g/mol. The predicted molar refractivity (Wildman–Crippen MR) is 44.9 cm³/mol. The lowest BCUT2D eigenvalue weighted by Crippen LogP contribution is -2.24. The summed E-state index contributed by atoms with van der Waals surface area (Å²) in [5, 5.41) is 8.43. The maximum Gasteiger partial charge on any atom is 0.180 e. The predicted octanol–water partition coefficient (Wildman–Crippen LogP) is 0.394. The quantitative estimate of drug-likeness (QED) is 0.431. The van der Waals surface area contributed by atoms with E-state index in [9.17, 15) is 0 Å². The van der Waals surface area contributed by atoms with E-state index >= 15 is 0 Å². The van der Waals surface area contributed by atoms with Gasteiger partial charge in [0.15, 0.2) is 6.29 Å². The molecule has 0 aliphatic heterocycles. The van der Waals surface area contributed by atoms with Gasteiger partial charge in [-0.1, -0.05) is 0 Å². The number of hydrogen-bond acceptors (Lipinski definition) is 4. The molecular formula is C8H18O4. The summed E-state index contributed by atoms with van der Waals surface area (Å²) >= 11 is 0. The van der Waals surface area contributed by atoms with Crippen LogP contribution in [0.5, 0.6) is 0 Å². The van der Waals surface area contributed by atoms with E-state index in [2.05, 4.69) is 0 Å². The summed E-state index contributed by atoms with van der Waals surface area (Å²) in [6.45, 7) is 5.75. The third-order valence-electron chi connectivity index (χ3n) is 1.19. The van der Waals surface area contributed by atoms with Crippen molar-refractivity contribution < 1.29 is 19.3 Å². The van der Waals surface area contributed by atoms with Crippen molar-refractivity contribution in [2.45, 2.75) is 20.1 Å². The van der Waals surface area contributed by atoms with Gasteiger partial charge in [0.2, 0.25) is 0 Å². The van der Waals surface area contributed by atoms with Crippen molar-refractivity contribution in [1.82, 2.24) is 0 Å². The van der Waals surface area contributed by atoms with E-state index in [0.29, 0.717) is 26.4 Å². The molecule has 1 N–H and O–H groups in total. The highest BCUT2D eigenvalue weighted by Gasteiger charge is 2.06.